The number of carbonyl (C=O) groups excluding carboxylic acids is 1. The topological polar surface area (TPSA) is 107 Å². The van der Waals surface area contributed by atoms with Crippen LogP contribution in [-0.2, 0) is 14.3 Å². The molecule has 8 heteroatoms. The predicted molar refractivity (Wildman–Crippen MR) is 151 cm³/mol. The van der Waals surface area contributed by atoms with Crippen molar-refractivity contribution in [3.63, 3.8) is 0 Å². The Morgan fingerprint density at radius 2 is 1.41 bits per heavy atom. The van der Waals surface area contributed by atoms with Gasteiger partial charge in [-0.25, -0.2) is 0 Å². The van der Waals surface area contributed by atoms with Gasteiger partial charge in [-0.15, -0.1) is 0 Å². The highest BCUT2D eigenvalue weighted by Gasteiger charge is 2.53. The highest BCUT2D eigenvalue weighted by Crippen LogP contribution is 2.40. The number of nitrogens with zero attached hydrogens (tertiary/aromatic N) is 2. The number of unbranched alkanes of at least 4 members (excludes halogenated alkanes) is 18. The average molecular weight is 548 g/mol. The molecule has 0 bridgehead atoms. The zero-order chi connectivity index (χ0) is 27.7. The summed E-state index contributed by atoms with van der Waals surface area (Å²) in [5, 5.41) is 17.4. The molecule has 8 nitrogen and oxygen atoms in total. The first-order valence-electron chi connectivity index (χ1n) is 15.9. The number of fused-ring (bicyclic) bond motifs is 3. The van der Waals surface area contributed by atoms with E-state index >= 15 is 0 Å². The average Bonchev–Trinajstić information content (AvgIpc) is 3.45. The van der Waals surface area contributed by atoms with Crippen LogP contribution >= 0.6 is 0 Å². The molecular weight excluding hydrogens is 494 g/mol. The lowest BCUT2D eigenvalue weighted by Crippen LogP contribution is -2.39. The second kappa shape index (κ2) is 18.4. The van der Waals surface area contributed by atoms with Crippen LogP contribution in [0.3, 0.4) is 0 Å². The number of nitrogens with one attached hydrogen (secondary N) is 1. The number of hydrogen-bond donors (Lipinski definition) is 2. The molecule has 0 aliphatic carbocycles. The van der Waals surface area contributed by atoms with E-state index in [-0.39, 0.29) is 24.1 Å². The fourth-order valence-corrected chi connectivity index (χ4v) is 5.72. The normalized spacial score (nSPS) is 21.5. The minimum Gasteiger partial charge on any atom is -0.455 e. The molecule has 0 spiro atoms. The number of aliphatic hydroxyl groups is 1. The van der Waals surface area contributed by atoms with Crippen LogP contribution in [0, 0.1) is 5.41 Å². The molecule has 0 unspecified atom stereocenters. The van der Waals surface area contributed by atoms with Crippen LogP contribution in [0.15, 0.2) is 12.3 Å². The van der Waals surface area contributed by atoms with Crippen molar-refractivity contribution in [1.82, 2.24) is 9.55 Å². The van der Waals surface area contributed by atoms with Crippen LogP contribution < -0.4 is 10.2 Å². The number of esters is 1. The molecule has 3 heterocycles. The van der Waals surface area contributed by atoms with E-state index in [0.717, 1.165) is 19.3 Å². The first-order valence-corrected chi connectivity index (χ1v) is 15.9. The Morgan fingerprint density at radius 3 is 1.92 bits per heavy atom. The summed E-state index contributed by atoms with van der Waals surface area (Å²) in [5.74, 6) is -0.284. The number of aliphatic hydroxyl groups excluding tert-OH is 1. The van der Waals surface area contributed by atoms with Crippen molar-refractivity contribution in [3.05, 3.63) is 17.8 Å². The molecule has 0 amide bonds. The Morgan fingerprint density at radius 1 is 0.897 bits per heavy atom. The fourth-order valence-electron chi connectivity index (χ4n) is 5.72. The van der Waals surface area contributed by atoms with Crippen LogP contribution in [0.25, 0.3) is 0 Å². The fraction of sp³-hybridized carbons (Fsp3) is 0.839. The van der Waals surface area contributed by atoms with Gasteiger partial charge in [-0.2, -0.15) is 4.98 Å². The Labute approximate surface area is 235 Å². The van der Waals surface area contributed by atoms with E-state index in [0.29, 0.717) is 6.42 Å². The summed E-state index contributed by atoms with van der Waals surface area (Å²) in [7, 11) is 0. The summed E-state index contributed by atoms with van der Waals surface area (Å²) < 4.78 is 19.1. The van der Waals surface area contributed by atoms with Crippen molar-refractivity contribution in [2.75, 3.05) is 6.61 Å². The smallest absolute Gasteiger partial charge is 0.306 e. The molecule has 222 valence electrons. The van der Waals surface area contributed by atoms with Gasteiger partial charge in [-0.3, -0.25) is 14.8 Å². The molecule has 0 aromatic carbocycles. The van der Waals surface area contributed by atoms with Crippen molar-refractivity contribution in [3.8, 4) is 6.01 Å². The minimum absolute atomic E-state index is 0.0952. The second-order valence-corrected chi connectivity index (χ2v) is 11.4. The largest absolute Gasteiger partial charge is 0.455 e. The molecule has 0 radical (unpaired) electrons. The summed E-state index contributed by atoms with van der Waals surface area (Å²) in [5.41, 5.74) is 0.0952. The third-order valence-corrected chi connectivity index (χ3v) is 8.06. The van der Waals surface area contributed by atoms with E-state index in [4.69, 9.17) is 19.6 Å². The lowest BCUT2D eigenvalue weighted by Gasteiger charge is -2.20. The van der Waals surface area contributed by atoms with Gasteiger partial charge in [0.25, 0.3) is 0 Å². The van der Waals surface area contributed by atoms with Gasteiger partial charge in [0.1, 0.15) is 6.10 Å². The maximum Gasteiger partial charge on any atom is 0.306 e. The van der Waals surface area contributed by atoms with Gasteiger partial charge in [-0.05, 0) is 12.5 Å². The summed E-state index contributed by atoms with van der Waals surface area (Å²) in [6.45, 7) is 2.02. The van der Waals surface area contributed by atoms with Crippen LogP contribution in [0.1, 0.15) is 142 Å². The summed E-state index contributed by atoms with van der Waals surface area (Å²) in [6, 6.07) is 1.82. The molecular formula is C31H53N3O5. The highest BCUT2D eigenvalue weighted by atomic mass is 16.7. The quantitative estimate of drug-likeness (QED) is 0.123. The van der Waals surface area contributed by atoms with E-state index in [1.807, 2.05) is 0 Å². The lowest BCUT2D eigenvalue weighted by atomic mass is 10.0. The Bertz CT molecular complexity index is 876. The molecule has 3 rings (SSSR count). The number of rotatable bonds is 22. The molecule has 2 N–H and O–H groups in total. The van der Waals surface area contributed by atoms with Crippen LogP contribution in [0.4, 0.5) is 0 Å². The highest BCUT2D eigenvalue weighted by molar-refractivity contribution is 5.69. The van der Waals surface area contributed by atoms with E-state index < -0.39 is 24.5 Å². The van der Waals surface area contributed by atoms with Gasteiger partial charge in [0.2, 0.25) is 0 Å². The number of hydrogen-bond acceptors (Lipinski definition) is 7. The molecule has 1 aromatic heterocycles. The number of ether oxygens (including phenoxy) is 3. The minimum atomic E-state index is -0.691. The van der Waals surface area contributed by atoms with Crippen molar-refractivity contribution in [2.45, 2.75) is 160 Å². The monoisotopic (exact) mass is 547 g/mol. The summed E-state index contributed by atoms with van der Waals surface area (Å²) in [4.78, 5) is 16.5. The molecule has 4 atom stereocenters. The van der Waals surface area contributed by atoms with E-state index in [1.54, 1.807) is 16.8 Å². The van der Waals surface area contributed by atoms with Gasteiger partial charge < -0.3 is 19.3 Å². The van der Waals surface area contributed by atoms with Gasteiger partial charge >= 0.3 is 12.0 Å². The molecule has 39 heavy (non-hydrogen) atoms. The van der Waals surface area contributed by atoms with Crippen molar-refractivity contribution < 1.29 is 24.1 Å². The van der Waals surface area contributed by atoms with Crippen molar-refractivity contribution in [1.29, 1.82) is 5.41 Å². The maximum atomic E-state index is 12.5. The zero-order valence-electron chi connectivity index (χ0n) is 24.3. The SMILES string of the molecule is CCCCCCCCCCCCCCCCCCCCCC(=O)O[C@H]1[C@@H]2Oc3nc(=N)ccn3[C@@H]2O[C@@H]1CO. The Hall–Kier alpha value is -1.93. The Balaban J connectivity index is 1.13. The Kier molecular flexibility index (Phi) is 14.9. The number of carbonyl (C=O) groups is 1. The number of aromatic nitrogens is 2. The maximum absolute atomic E-state index is 12.5. The molecule has 1 fully saturated rings. The van der Waals surface area contributed by atoms with Crippen molar-refractivity contribution >= 4 is 5.97 Å². The van der Waals surface area contributed by atoms with E-state index in [1.165, 1.54) is 103 Å². The first kappa shape index (κ1) is 31.6. The first-order chi connectivity index (χ1) is 19.1. The van der Waals surface area contributed by atoms with E-state index in [2.05, 4.69) is 11.9 Å². The second-order valence-electron chi connectivity index (χ2n) is 11.4. The summed E-state index contributed by atoms with van der Waals surface area (Å²) in [6.07, 6.45) is 24.7. The lowest BCUT2D eigenvalue weighted by molar-refractivity contribution is -0.156. The van der Waals surface area contributed by atoms with Gasteiger partial charge in [0.05, 0.1) is 6.61 Å². The molecule has 2 aliphatic heterocycles. The van der Waals surface area contributed by atoms with Gasteiger partial charge in [0, 0.05) is 12.6 Å². The summed E-state index contributed by atoms with van der Waals surface area (Å²) >= 11 is 0. The third-order valence-electron chi connectivity index (χ3n) is 8.06. The van der Waals surface area contributed by atoms with Crippen LogP contribution in [0.2, 0.25) is 0 Å². The standard InChI is InChI=1S/C31H53N3O5/c1-2-3-4-5-6-7-8-9-10-11-12-13-14-15-16-17-18-19-20-21-27(36)38-28-25(24-35)37-30-29(28)39-31-33-26(32)22-23-34(30)31/h22-23,25,28-30,32,35H,2-21,24H2,1H3/t25-,28-,29+,30-/m1/s1. The molecule has 0 saturated carbocycles. The van der Waals surface area contributed by atoms with Crippen molar-refractivity contribution in [2.24, 2.45) is 0 Å². The van der Waals surface area contributed by atoms with Gasteiger partial charge in [-0.1, -0.05) is 122 Å². The molecule has 2 aliphatic rings. The van der Waals surface area contributed by atoms with Crippen LogP contribution in [0.5, 0.6) is 6.01 Å². The van der Waals surface area contributed by atoms with Crippen LogP contribution in [-0.4, -0.2) is 45.5 Å². The molecule has 1 aromatic rings. The third kappa shape index (κ3) is 10.9. The van der Waals surface area contributed by atoms with Gasteiger partial charge in [0.15, 0.2) is 23.9 Å². The zero-order valence-corrected chi connectivity index (χ0v) is 24.3. The predicted octanol–water partition coefficient (Wildman–Crippen LogP) is 6.75. The molecule has 1 saturated heterocycles. The van der Waals surface area contributed by atoms with E-state index in [9.17, 15) is 9.90 Å².